The zero-order chi connectivity index (χ0) is 11.7. The van der Waals surface area contributed by atoms with Gasteiger partial charge in [-0.15, -0.1) is 0 Å². The third-order valence-electron chi connectivity index (χ3n) is 2.18. The van der Waals surface area contributed by atoms with E-state index >= 15 is 0 Å². The summed E-state index contributed by atoms with van der Waals surface area (Å²) in [6.07, 6.45) is -1.55. The predicted molar refractivity (Wildman–Crippen MR) is 59.7 cm³/mol. The summed E-state index contributed by atoms with van der Waals surface area (Å²) in [7, 11) is 0. The van der Waals surface area contributed by atoms with Crippen LogP contribution < -0.4 is 5.56 Å². The summed E-state index contributed by atoms with van der Waals surface area (Å²) in [6, 6.07) is 7.01. The van der Waals surface area contributed by atoms with Crippen molar-refractivity contribution >= 4 is 27.6 Å². The van der Waals surface area contributed by atoms with Gasteiger partial charge in [0.1, 0.15) is 0 Å². The Morgan fingerprint density at radius 3 is 2.75 bits per heavy atom. The molecule has 0 aliphatic carbocycles. The zero-order valence-corrected chi connectivity index (χ0v) is 8.98. The van der Waals surface area contributed by atoms with Gasteiger partial charge < -0.3 is 10.2 Å². The Morgan fingerprint density at radius 1 is 1.44 bits per heavy atom. The first-order chi connectivity index (χ1) is 7.59. The number of aliphatic hydroxyl groups excluding tert-OH is 1. The Labute approximate surface area is 94.3 Å². The molecule has 5 nitrogen and oxygen atoms in total. The van der Waals surface area contributed by atoms with E-state index in [0.717, 1.165) is 16.2 Å². The molecule has 0 amide bonds. The summed E-state index contributed by atoms with van der Waals surface area (Å²) in [6.45, 7) is -0.215. The van der Waals surface area contributed by atoms with E-state index in [1.165, 1.54) is 3.96 Å². The number of aliphatic carboxylic acids is 1. The maximum atomic E-state index is 11.8. The van der Waals surface area contributed by atoms with Crippen molar-refractivity contribution in [3.8, 4) is 0 Å². The van der Waals surface area contributed by atoms with Crippen LogP contribution in [0.2, 0.25) is 0 Å². The van der Waals surface area contributed by atoms with Crippen molar-refractivity contribution in [2.75, 3.05) is 0 Å². The molecule has 84 valence electrons. The van der Waals surface area contributed by atoms with Gasteiger partial charge in [-0.3, -0.25) is 8.75 Å². The van der Waals surface area contributed by atoms with Gasteiger partial charge in [0.25, 0.3) is 5.56 Å². The number of nitrogens with zero attached hydrogens (tertiary/aromatic N) is 1. The van der Waals surface area contributed by atoms with E-state index in [2.05, 4.69) is 0 Å². The van der Waals surface area contributed by atoms with Gasteiger partial charge in [-0.1, -0.05) is 23.7 Å². The fraction of sp³-hybridized carbons (Fsp3) is 0.200. The minimum atomic E-state index is -1.55. The van der Waals surface area contributed by atoms with Crippen LogP contribution in [0.4, 0.5) is 0 Å². The number of carboxylic acids is 1. The fourth-order valence-electron chi connectivity index (χ4n) is 1.37. The highest BCUT2D eigenvalue weighted by atomic mass is 32.1. The summed E-state index contributed by atoms with van der Waals surface area (Å²) in [5.74, 6) is -1.33. The molecule has 0 saturated carbocycles. The summed E-state index contributed by atoms with van der Waals surface area (Å²) < 4.78 is 2.04. The van der Waals surface area contributed by atoms with Crippen molar-refractivity contribution in [2.45, 2.75) is 12.6 Å². The van der Waals surface area contributed by atoms with E-state index in [-0.39, 0.29) is 12.1 Å². The molecule has 0 saturated heterocycles. The number of carbonyl (C=O) groups is 1. The maximum absolute atomic E-state index is 11.8. The van der Waals surface area contributed by atoms with Gasteiger partial charge in [0.2, 0.25) is 0 Å². The molecule has 0 aliphatic rings. The van der Waals surface area contributed by atoms with Gasteiger partial charge in [-0.05, 0) is 12.1 Å². The van der Waals surface area contributed by atoms with Crippen molar-refractivity contribution in [3.63, 3.8) is 0 Å². The molecule has 0 radical (unpaired) electrons. The molecular formula is C10H9NO4S. The first kappa shape index (κ1) is 10.8. The summed E-state index contributed by atoms with van der Waals surface area (Å²) in [5.41, 5.74) is -0.263. The number of carboxylic acid groups (broad SMARTS) is 1. The Balaban J connectivity index is 2.42. The lowest BCUT2D eigenvalue weighted by atomic mass is 10.3. The van der Waals surface area contributed by atoms with Crippen LogP contribution in [0.3, 0.4) is 0 Å². The number of aliphatic hydroxyl groups is 1. The van der Waals surface area contributed by atoms with E-state index in [4.69, 9.17) is 5.11 Å². The Morgan fingerprint density at radius 2 is 2.12 bits per heavy atom. The van der Waals surface area contributed by atoms with Crippen molar-refractivity contribution in [3.05, 3.63) is 34.6 Å². The molecule has 16 heavy (non-hydrogen) atoms. The smallest absolute Gasteiger partial charge is 0.334 e. The van der Waals surface area contributed by atoms with Crippen LogP contribution in [0.15, 0.2) is 29.1 Å². The van der Waals surface area contributed by atoms with Crippen LogP contribution in [0, 0.1) is 0 Å². The molecule has 0 fully saturated rings. The maximum Gasteiger partial charge on any atom is 0.334 e. The van der Waals surface area contributed by atoms with Gasteiger partial charge in [-0.2, -0.15) is 0 Å². The van der Waals surface area contributed by atoms with Crippen molar-refractivity contribution in [1.82, 2.24) is 3.96 Å². The van der Waals surface area contributed by atoms with E-state index in [1.54, 1.807) is 24.3 Å². The molecule has 1 aromatic carbocycles. The van der Waals surface area contributed by atoms with Crippen LogP contribution >= 0.6 is 11.5 Å². The largest absolute Gasteiger partial charge is 0.479 e. The molecule has 2 N–H and O–H groups in total. The lowest BCUT2D eigenvalue weighted by Crippen LogP contribution is -2.28. The van der Waals surface area contributed by atoms with Gasteiger partial charge in [-0.25, -0.2) is 4.79 Å². The van der Waals surface area contributed by atoms with Crippen molar-refractivity contribution in [1.29, 1.82) is 0 Å². The van der Waals surface area contributed by atoms with Gasteiger partial charge in [0.05, 0.1) is 16.6 Å². The van der Waals surface area contributed by atoms with E-state index < -0.39 is 12.1 Å². The van der Waals surface area contributed by atoms with Gasteiger partial charge >= 0.3 is 5.97 Å². The molecule has 1 atom stereocenters. The fourth-order valence-corrected chi connectivity index (χ4v) is 2.40. The number of hydrogen-bond donors (Lipinski definition) is 2. The minimum Gasteiger partial charge on any atom is -0.479 e. The third kappa shape index (κ3) is 1.84. The second-order valence-corrected chi connectivity index (χ2v) is 4.37. The number of aromatic nitrogens is 1. The first-order valence-electron chi connectivity index (χ1n) is 4.59. The van der Waals surface area contributed by atoms with Crippen LogP contribution in [-0.4, -0.2) is 26.2 Å². The van der Waals surface area contributed by atoms with Crippen molar-refractivity contribution in [2.24, 2.45) is 0 Å². The Hall–Kier alpha value is -1.66. The zero-order valence-electron chi connectivity index (χ0n) is 8.16. The monoisotopic (exact) mass is 239 g/mol. The Kier molecular flexibility index (Phi) is 2.76. The van der Waals surface area contributed by atoms with E-state index in [9.17, 15) is 14.7 Å². The number of hydrogen-bond acceptors (Lipinski definition) is 4. The molecule has 0 aliphatic heterocycles. The minimum absolute atomic E-state index is 0.215. The molecule has 1 heterocycles. The summed E-state index contributed by atoms with van der Waals surface area (Å²) >= 11 is 1.15. The van der Waals surface area contributed by atoms with Crippen LogP contribution in [0.5, 0.6) is 0 Å². The second-order valence-electron chi connectivity index (χ2n) is 3.31. The van der Waals surface area contributed by atoms with E-state index in [1.807, 2.05) is 0 Å². The first-order valence-corrected chi connectivity index (χ1v) is 5.36. The normalized spacial score (nSPS) is 12.8. The standard InChI is InChI=1S/C10H9NO4S/c12-7(10(14)15)5-11-9(13)6-3-1-2-4-8(6)16-11/h1-4,7,12H,5H2,(H,14,15). The third-order valence-corrected chi connectivity index (χ3v) is 3.26. The predicted octanol–water partition coefficient (Wildman–Crippen LogP) is 0.508. The quantitative estimate of drug-likeness (QED) is 0.817. The number of benzene rings is 1. The highest BCUT2D eigenvalue weighted by Crippen LogP contribution is 2.15. The summed E-state index contributed by atoms with van der Waals surface area (Å²) in [5, 5.41) is 18.3. The molecule has 2 aromatic rings. The molecule has 2 rings (SSSR count). The molecule has 1 unspecified atom stereocenters. The van der Waals surface area contributed by atoms with Crippen LogP contribution in [-0.2, 0) is 11.3 Å². The highest BCUT2D eigenvalue weighted by Gasteiger charge is 2.16. The molecule has 1 aromatic heterocycles. The SMILES string of the molecule is O=C(O)C(O)Cn1sc2ccccc2c1=O. The molecular weight excluding hydrogens is 230 g/mol. The Bertz CT molecular complexity index is 586. The second kappa shape index (κ2) is 4.07. The average Bonchev–Trinajstić information content (AvgIpc) is 2.56. The van der Waals surface area contributed by atoms with Crippen molar-refractivity contribution < 1.29 is 15.0 Å². The molecule has 0 spiro atoms. The number of rotatable bonds is 3. The van der Waals surface area contributed by atoms with Crippen LogP contribution in [0.25, 0.3) is 10.1 Å². The number of fused-ring (bicyclic) bond motifs is 1. The van der Waals surface area contributed by atoms with Gasteiger partial charge in [0.15, 0.2) is 6.10 Å². The van der Waals surface area contributed by atoms with E-state index in [0.29, 0.717) is 5.39 Å². The lowest BCUT2D eigenvalue weighted by molar-refractivity contribution is -0.147. The summed E-state index contributed by atoms with van der Waals surface area (Å²) in [4.78, 5) is 22.2. The van der Waals surface area contributed by atoms with Gasteiger partial charge in [0, 0.05) is 0 Å². The molecule has 0 bridgehead atoms. The topological polar surface area (TPSA) is 79.5 Å². The lowest BCUT2D eigenvalue weighted by Gasteiger charge is -2.03. The molecule has 6 heteroatoms. The average molecular weight is 239 g/mol. The highest BCUT2D eigenvalue weighted by molar-refractivity contribution is 7.13. The van der Waals surface area contributed by atoms with Crippen LogP contribution in [0.1, 0.15) is 0 Å².